The van der Waals surface area contributed by atoms with Gasteiger partial charge in [-0.3, -0.25) is 10.1 Å². The largest absolute Gasteiger partial charge is 0.504 e. The number of nitro groups is 1. The molecule has 0 aliphatic carbocycles. The average molecular weight is 228 g/mol. The average Bonchev–Trinajstić information content (AvgIpc) is 2.11. The van der Waals surface area contributed by atoms with Gasteiger partial charge in [0.25, 0.3) is 0 Å². The second kappa shape index (κ2) is 3.33. The Kier molecular flexibility index (Phi) is 2.52. The van der Waals surface area contributed by atoms with Gasteiger partial charge >= 0.3 is 5.69 Å². The Hall–Kier alpha value is -1.50. The molecule has 0 amide bonds. The maximum Gasteiger partial charge on any atom is 0.345 e. The molecular formula is C6HClF3NO3. The standard InChI is InChI=1S/C6HClF3NO3/c7-1-2(8)5(11(13)14)3(9)4(10)6(1)12/h12H. The number of benzene rings is 1. The second-order valence-electron chi connectivity index (χ2n) is 2.21. The first-order valence-corrected chi connectivity index (χ1v) is 3.45. The van der Waals surface area contributed by atoms with Gasteiger partial charge in [-0.2, -0.15) is 13.2 Å². The van der Waals surface area contributed by atoms with Crippen molar-refractivity contribution in [3.05, 3.63) is 32.6 Å². The molecule has 4 nitrogen and oxygen atoms in total. The van der Waals surface area contributed by atoms with E-state index in [4.69, 9.17) is 16.7 Å². The minimum absolute atomic E-state index is 1.23. The first-order chi connectivity index (χ1) is 6.37. The zero-order chi connectivity index (χ0) is 11.0. The Balaban J connectivity index is 3.68. The molecule has 0 aliphatic heterocycles. The molecule has 0 aromatic heterocycles. The normalized spacial score (nSPS) is 10.3. The van der Waals surface area contributed by atoms with Gasteiger partial charge in [-0.05, 0) is 0 Å². The lowest BCUT2D eigenvalue weighted by Gasteiger charge is -2.02. The summed E-state index contributed by atoms with van der Waals surface area (Å²) in [6, 6.07) is 0. The van der Waals surface area contributed by atoms with Crippen molar-refractivity contribution < 1.29 is 23.2 Å². The highest BCUT2D eigenvalue weighted by molar-refractivity contribution is 6.32. The van der Waals surface area contributed by atoms with E-state index in [0.717, 1.165) is 0 Å². The number of aromatic hydroxyl groups is 1. The Morgan fingerprint density at radius 1 is 1.21 bits per heavy atom. The Bertz CT molecular complexity index is 394. The topological polar surface area (TPSA) is 63.4 Å². The zero-order valence-corrected chi connectivity index (χ0v) is 6.98. The van der Waals surface area contributed by atoms with E-state index >= 15 is 0 Å². The summed E-state index contributed by atoms with van der Waals surface area (Å²) >= 11 is 4.97. The third-order valence-electron chi connectivity index (χ3n) is 1.40. The van der Waals surface area contributed by atoms with Crippen LogP contribution in [0.25, 0.3) is 0 Å². The minimum Gasteiger partial charge on any atom is -0.504 e. The Morgan fingerprint density at radius 3 is 2.14 bits per heavy atom. The summed E-state index contributed by atoms with van der Waals surface area (Å²) in [6.07, 6.45) is 0. The van der Waals surface area contributed by atoms with Crippen molar-refractivity contribution in [3.8, 4) is 5.75 Å². The lowest BCUT2D eigenvalue weighted by Crippen LogP contribution is -2.01. The number of phenols is 1. The fourth-order valence-corrected chi connectivity index (χ4v) is 0.941. The van der Waals surface area contributed by atoms with Crippen LogP contribution in [0.3, 0.4) is 0 Å². The van der Waals surface area contributed by atoms with Crippen LogP contribution in [0.5, 0.6) is 5.75 Å². The highest BCUT2D eigenvalue weighted by atomic mass is 35.5. The maximum absolute atomic E-state index is 12.8. The van der Waals surface area contributed by atoms with Gasteiger partial charge in [0, 0.05) is 0 Å². The first kappa shape index (κ1) is 10.6. The van der Waals surface area contributed by atoms with E-state index in [2.05, 4.69) is 0 Å². The first-order valence-electron chi connectivity index (χ1n) is 3.07. The van der Waals surface area contributed by atoms with Crippen molar-refractivity contribution in [1.82, 2.24) is 0 Å². The van der Waals surface area contributed by atoms with Crippen LogP contribution in [-0.2, 0) is 0 Å². The second-order valence-corrected chi connectivity index (χ2v) is 2.59. The van der Waals surface area contributed by atoms with Crippen LogP contribution in [0.1, 0.15) is 0 Å². The molecule has 1 aromatic rings. The molecule has 1 N–H and O–H groups in total. The van der Waals surface area contributed by atoms with Crippen LogP contribution in [-0.4, -0.2) is 10.0 Å². The molecular weight excluding hydrogens is 227 g/mol. The predicted octanol–water partition coefficient (Wildman–Crippen LogP) is 2.37. The van der Waals surface area contributed by atoms with Crippen LogP contribution in [0, 0.1) is 27.6 Å². The van der Waals surface area contributed by atoms with Gasteiger partial charge < -0.3 is 5.11 Å². The monoisotopic (exact) mass is 227 g/mol. The molecule has 0 radical (unpaired) electrons. The predicted molar refractivity (Wildman–Crippen MR) is 39.6 cm³/mol. The molecule has 0 heterocycles. The molecule has 0 fully saturated rings. The van der Waals surface area contributed by atoms with Crippen molar-refractivity contribution in [2.24, 2.45) is 0 Å². The summed E-state index contributed by atoms with van der Waals surface area (Å²) in [7, 11) is 0. The number of nitrogens with zero attached hydrogens (tertiary/aromatic N) is 1. The Morgan fingerprint density at radius 2 is 1.71 bits per heavy atom. The molecule has 76 valence electrons. The minimum atomic E-state index is -2.09. The molecule has 1 aromatic carbocycles. The summed E-state index contributed by atoms with van der Waals surface area (Å²) in [5.41, 5.74) is -1.73. The van der Waals surface area contributed by atoms with Gasteiger partial charge in [0.05, 0.1) is 4.92 Å². The molecule has 0 saturated heterocycles. The van der Waals surface area contributed by atoms with Gasteiger partial charge in [-0.25, -0.2) is 0 Å². The van der Waals surface area contributed by atoms with E-state index < -0.39 is 38.8 Å². The van der Waals surface area contributed by atoms with Gasteiger partial charge in [0.2, 0.25) is 17.5 Å². The van der Waals surface area contributed by atoms with Crippen molar-refractivity contribution in [2.75, 3.05) is 0 Å². The molecule has 0 aliphatic rings. The summed E-state index contributed by atoms with van der Waals surface area (Å²) in [4.78, 5) is 8.60. The van der Waals surface area contributed by atoms with Crippen LogP contribution in [0.2, 0.25) is 5.02 Å². The number of halogens is 4. The van der Waals surface area contributed by atoms with E-state index in [1.165, 1.54) is 0 Å². The van der Waals surface area contributed by atoms with Crippen LogP contribution in [0.15, 0.2) is 0 Å². The van der Waals surface area contributed by atoms with Crippen LogP contribution >= 0.6 is 11.6 Å². The number of rotatable bonds is 1. The number of hydrogen-bond acceptors (Lipinski definition) is 3. The lowest BCUT2D eigenvalue weighted by atomic mass is 10.2. The SMILES string of the molecule is O=[N+]([O-])c1c(F)c(F)c(O)c(Cl)c1F. The molecule has 0 unspecified atom stereocenters. The van der Waals surface area contributed by atoms with Crippen molar-refractivity contribution in [2.45, 2.75) is 0 Å². The molecule has 14 heavy (non-hydrogen) atoms. The molecule has 8 heteroatoms. The maximum atomic E-state index is 12.8. The summed E-state index contributed by atoms with van der Waals surface area (Å²) in [5, 5.41) is 17.5. The third-order valence-corrected chi connectivity index (χ3v) is 1.74. The van der Waals surface area contributed by atoms with E-state index in [9.17, 15) is 23.3 Å². The van der Waals surface area contributed by atoms with Gasteiger partial charge in [0.15, 0.2) is 5.75 Å². The fourth-order valence-electron chi connectivity index (χ4n) is 0.769. The van der Waals surface area contributed by atoms with E-state index in [1.54, 1.807) is 0 Å². The van der Waals surface area contributed by atoms with Gasteiger partial charge in [-0.15, -0.1) is 0 Å². The highest BCUT2D eigenvalue weighted by Gasteiger charge is 2.31. The zero-order valence-electron chi connectivity index (χ0n) is 6.22. The van der Waals surface area contributed by atoms with Crippen molar-refractivity contribution in [1.29, 1.82) is 0 Å². The molecule has 0 spiro atoms. The van der Waals surface area contributed by atoms with Crippen molar-refractivity contribution in [3.63, 3.8) is 0 Å². The number of nitro benzene ring substituents is 1. The summed E-state index contributed by atoms with van der Waals surface area (Å²) < 4.78 is 38.1. The highest BCUT2D eigenvalue weighted by Crippen LogP contribution is 2.37. The van der Waals surface area contributed by atoms with E-state index in [-0.39, 0.29) is 0 Å². The lowest BCUT2D eigenvalue weighted by molar-refractivity contribution is -0.390. The van der Waals surface area contributed by atoms with Gasteiger partial charge in [-0.1, -0.05) is 11.6 Å². The van der Waals surface area contributed by atoms with Gasteiger partial charge in [0.1, 0.15) is 5.02 Å². The van der Waals surface area contributed by atoms with Crippen LogP contribution < -0.4 is 0 Å². The summed E-state index contributed by atoms with van der Waals surface area (Å²) in [6.45, 7) is 0. The van der Waals surface area contributed by atoms with Crippen molar-refractivity contribution >= 4 is 17.3 Å². The smallest absolute Gasteiger partial charge is 0.345 e. The molecule has 0 saturated carbocycles. The fraction of sp³-hybridized carbons (Fsp3) is 0. The quantitative estimate of drug-likeness (QED) is 0.455. The molecule has 1 rings (SSSR count). The third kappa shape index (κ3) is 1.35. The van der Waals surface area contributed by atoms with Crippen LogP contribution in [0.4, 0.5) is 18.9 Å². The Labute approximate surface area is 79.7 Å². The summed E-state index contributed by atoms with van der Waals surface area (Å²) in [5.74, 6) is -7.35. The van der Waals surface area contributed by atoms with E-state index in [1.807, 2.05) is 0 Å². The number of phenolic OH excluding ortho intramolecular Hbond substituents is 1. The molecule has 0 bridgehead atoms. The van der Waals surface area contributed by atoms with E-state index in [0.29, 0.717) is 0 Å². The molecule has 0 atom stereocenters. The number of hydrogen-bond donors (Lipinski definition) is 1.